The van der Waals surface area contributed by atoms with Gasteiger partial charge in [0.25, 0.3) is 0 Å². The van der Waals surface area contributed by atoms with Gasteiger partial charge in [-0.05, 0) is 42.8 Å². The lowest BCUT2D eigenvalue weighted by atomic mass is 10.2. The molecule has 0 saturated heterocycles. The van der Waals surface area contributed by atoms with Gasteiger partial charge in [-0.3, -0.25) is 4.79 Å². The third-order valence-corrected chi connectivity index (χ3v) is 4.23. The molecule has 116 valence electrons. The summed E-state index contributed by atoms with van der Waals surface area (Å²) in [5, 5.41) is 2.41. The zero-order chi connectivity index (χ0) is 16.2. The average molecular weight is 322 g/mol. The quantitative estimate of drug-likeness (QED) is 0.884. The van der Waals surface area contributed by atoms with E-state index >= 15 is 0 Å². The second-order valence-corrected chi connectivity index (χ2v) is 6.47. The minimum absolute atomic E-state index is 0.0889. The molecule has 0 aromatic heterocycles. The molecule has 22 heavy (non-hydrogen) atoms. The van der Waals surface area contributed by atoms with E-state index in [1.807, 2.05) is 0 Å². The Morgan fingerprint density at radius 3 is 2.55 bits per heavy atom. The Morgan fingerprint density at radius 1 is 1.14 bits per heavy atom. The summed E-state index contributed by atoms with van der Waals surface area (Å²) in [7, 11) is -3.76. The zero-order valence-electron chi connectivity index (χ0n) is 11.8. The summed E-state index contributed by atoms with van der Waals surface area (Å²) in [6.07, 6.45) is 0. The van der Waals surface area contributed by atoms with E-state index in [0.29, 0.717) is 0 Å². The lowest BCUT2D eigenvalue weighted by Gasteiger charge is -2.08. The molecule has 2 N–H and O–H groups in total. The normalized spacial score (nSPS) is 11.2. The fourth-order valence-corrected chi connectivity index (χ4v) is 2.88. The summed E-state index contributed by atoms with van der Waals surface area (Å²) < 4.78 is 39.3. The van der Waals surface area contributed by atoms with E-state index in [1.54, 1.807) is 19.1 Å². The zero-order valence-corrected chi connectivity index (χ0v) is 12.7. The number of carbonyl (C=O) groups is 1. The smallest absolute Gasteiger partial charge is 0.241 e. The number of aryl methyl sites for hydroxylation is 1. The van der Waals surface area contributed by atoms with Crippen LogP contribution in [0.15, 0.2) is 53.4 Å². The number of nitrogens with one attached hydrogen (secondary N) is 2. The molecule has 5 nitrogen and oxygen atoms in total. The van der Waals surface area contributed by atoms with Crippen LogP contribution in [0, 0.1) is 12.7 Å². The highest BCUT2D eigenvalue weighted by Gasteiger charge is 2.15. The van der Waals surface area contributed by atoms with Crippen LogP contribution in [0.3, 0.4) is 0 Å². The second kappa shape index (κ2) is 6.67. The Bertz CT molecular complexity index is 791. The number of hydrogen-bond donors (Lipinski definition) is 2. The maximum Gasteiger partial charge on any atom is 0.241 e. The molecule has 2 rings (SSSR count). The van der Waals surface area contributed by atoms with Crippen LogP contribution < -0.4 is 10.0 Å². The van der Waals surface area contributed by atoms with Crippen molar-refractivity contribution in [1.82, 2.24) is 4.72 Å². The molecule has 0 unspecified atom stereocenters. The third-order valence-electron chi connectivity index (χ3n) is 2.83. The first-order valence-corrected chi connectivity index (χ1v) is 7.97. The SMILES string of the molecule is Cc1cccc(S(=O)(=O)NCC(=O)Nc2cccc(F)c2)c1. The van der Waals surface area contributed by atoms with E-state index in [0.717, 1.165) is 11.6 Å². The predicted octanol–water partition coefficient (Wildman–Crippen LogP) is 2.05. The molecular weight excluding hydrogens is 307 g/mol. The Hall–Kier alpha value is -2.25. The van der Waals surface area contributed by atoms with E-state index in [1.165, 1.54) is 30.3 Å². The van der Waals surface area contributed by atoms with Crippen molar-refractivity contribution in [3.05, 3.63) is 59.9 Å². The van der Waals surface area contributed by atoms with Crippen molar-refractivity contribution in [2.45, 2.75) is 11.8 Å². The first-order valence-electron chi connectivity index (χ1n) is 6.48. The van der Waals surface area contributed by atoms with Crippen LogP contribution in [-0.4, -0.2) is 20.9 Å². The Morgan fingerprint density at radius 2 is 1.86 bits per heavy atom. The minimum Gasteiger partial charge on any atom is -0.325 e. The molecule has 7 heteroatoms. The maximum absolute atomic E-state index is 13.0. The van der Waals surface area contributed by atoms with E-state index < -0.39 is 28.3 Å². The number of benzene rings is 2. The largest absolute Gasteiger partial charge is 0.325 e. The van der Waals surface area contributed by atoms with E-state index in [-0.39, 0.29) is 10.6 Å². The van der Waals surface area contributed by atoms with Crippen LogP contribution in [0.1, 0.15) is 5.56 Å². The molecule has 0 atom stereocenters. The highest BCUT2D eigenvalue weighted by Crippen LogP contribution is 2.11. The van der Waals surface area contributed by atoms with Crippen molar-refractivity contribution in [2.75, 3.05) is 11.9 Å². The average Bonchev–Trinajstić information content (AvgIpc) is 2.45. The summed E-state index contributed by atoms with van der Waals surface area (Å²) in [5.74, 6) is -1.07. The van der Waals surface area contributed by atoms with Crippen molar-refractivity contribution < 1.29 is 17.6 Å². The van der Waals surface area contributed by atoms with Gasteiger partial charge in [0.15, 0.2) is 0 Å². The number of anilines is 1. The van der Waals surface area contributed by atoms with Crippen LogP contribution in [-0.2, 0) is 14.8 Å². The van der Waals surface area contributed by atoms with Crippen molar-refractivity contribution in [2.24, 2.45) is 0 Å². The van der Waals surface area contributed by atoms with Crippen molar-refractivity contribution in [3.8, 4) is 0 Å². The molecule has 0 aliphatic heterocycles. The number of hydrogen-bond acceptors (Lipinski definition) is 3. The first-order chi connectivity index (χ1) is 10.4. The Kier molecular flexibility index (Phi) is 4.89. The molecule has 0 bridgehead atoms. The fourth-order valence-electron chi connectivity index (χ4n) is 1.80. The lowest BCUT2D eigenvalue weighted by molar-refractivity contribution is -0.115. The van der Waals surface area contributed by atoms with Gasteiger partial charge in [0.1, 0.15) is 5.82 Å². The molecule has 0 heterocycles. The van der Waals surface area contributed by atoms with Gasteiger partial charge in [-0.1, -0.05) is 18.2 Å². The molecule has 1 amide bonds. The lowest BCUT2D eigenvalue weighted by Crippen LogP contribution is -2.32. The Labute approximate surface area is 128 Å². The summed E-state index contributed by atoms with van der Waals surface area (Å²) in [4.78, 5) is 11.8. The van der Waals surface area contributed by atoms with E-state index in [4.69, 9.17) is 0 Å². The topological polar surface area (TPSA) is 75.3 Å². The Balaban J connectivity index is 1.98. The summed E-state index contributed by atoms with van der Waals surface area (Å²) >= 11 is 0. The molecule has 2 aromatic rings. The van der Waals surface area contributed by atoms with Crippen LogP contribution in [0.5, 0.6) is 0 Å². The van der Waals surface area contributed by atoms with Gasteiger partial charge < -0.3 is 5.32 Å². The van der Waals surface area contributed by atoms with Crippen molar-refractivity contribution in [1.29, 1.82) is 0 Å². The number of rotatable bonds is 5. The first kappa shape index (κ1) is 16.1. The molecule has 0 aliphatic carbocycles. The molecular formula is C15H15FN2O3S. The van der Waals surface area contributed by atoms with Crippen LogP contribution in [0.25, 0.3) is 0 Å². The standard InChI is InChI=1S/C15H15FN2O3S/c1-11-4-2-7-14(8-11)22(20,21)17-10-15(19)18-13-6-3-5-12(16)9-13/h2-9,17H,10H2,1H3,(H,18,19). The second-order valence-electron chi connectivity index (χ2n) is 4.70. The van der Waals surface area contributed by atoms with Gasteiger partial charge in [0.2, 0.25) is 15.9 Å². The van der Waals surface area contributed by atoms with Crippen LogP contribution in [0.4, 0.5) is 10.1 Å². The highest BCUT2D eigenvalue weighted by molar-refractivity contribution is 7.89. The molecule has 0 aliphatic rings. The summed E-state index contributed by atoms with van der Waals surface area (Å²) in [6.45, 7) is 1.34. The van der Waals surface area contributed by atoms with E-state index in [9.17, 15) is 17.6 Å². The number of carbonyl (C=O) groups excluding carboxylic acids is 1. The molecule has 0 radical (unpaired) electrons. The van der Waals surface area contributed by atoms with E-state index in [2.05, 4.69) is 10.0 Å². The number of amides is 1. The van der Waals surface area contributed by atoms with Gasteiger partial charge in [0.05, 0.1) is 11.4 Å². The summed E-state index contributed by atoms with van der Waals surface area (Å²) in [5.41, 5.74) is 1.06. The minimum atomic E-state index is -3.76. The van der Waals surface area contributed by atoms with Crippen molar-refractivity contribution >= 4 is 21.6 Å². The number of halogens is 1. The highest BCUT2D eigenvalue weighted by atomic mass is 32.2. The van der Waals surface area contributed by atoms with Gasteiger partial charge in [-0.15, -0.1) is 0 Å². The third kappa shape index (κ3) is 4.37. The summed E-state index contributed by atoms with van der Waals surface area (Å²) in [6, 6.07) is 11.7. The molecule has 0 saturated carbocycles. The maximum atomic E-state index is 13.0. The number of sulfonamides is 1. The van der Waals surface area contributed by atoms with Crippen LogP contribution >= 0.6 is 0 Å². The van der Waals surface area contributed by atoms with Crippen molar-refractivity contribution in [3.63, 3.8) is 0 Å². The van der Waals surface area contributed by atoms with Gasteiger partial charge >= 0.3 is 0 Å². The fraction of sp³-hybridized carbons (Fsp3) is 0.133. The predicted molar refractivity (Wildman–Crippen MR) is 81.4 cm³/mol. The molecule has 0 fully saturated rings. The van der Waals surface area contributed by atoms with Gasteiger partial charge in [-0.2, -0.15) is 0 Å². The molecule has 0 spiro atoms. The van der Waals surface area contributed by atoms with Gasteiger partial charge in [0, 0.05) is 5.69 Å². The van der Waals surface area contributed by atoms with Crippen LogP contribution in [0.2, 0.25) is 0 Å². The monoisotopic (exact) mass is 322 g/mol. The molecule has 2 aromatic carbocycles. The van der Waals surface area contributed by atoms with Gasteiger partial charge in [-0.25, -0.2) is 17.5 Å².